The Kier molecular flexibility index (Phi) is 5.35. The highest BCUT2D eigenvalue weighted by Crippen LogP contribution is 2.30. The zero-order valence-electron chi connectivity index (χ0n) is 10.9. The highest BCUT2D eigenvalue weighted by atomic mass is 19.4. The number of ketones is 1. The maximum absolute atomic E-state index is 12.2. The van der Waals surface area contributed by atoms with E-state index in [2.05, 4.69) is 4.74 Å². The van der Waals surface area contributed by atoms with Crippen LogP contribution in [0.15, 0.2) is 23.2 Å². The van der Waals surface area contributed by atoms with Crippen molar-refractivity contribution in [1.82, 2.24) is 0 Å². The Morgan fingerprint density at radius 3 is 2.50 bits per heavy atom. The van der Waals surface area contributed by atoms with Crippen LogP contribution in [-0.2, 0) is 14.3 Å². The number of hydrogen-bond donors (Lipinski definition) is 1. The second kappa shape index (κ2) is 6.58. The van der Waals surface area contributed by atoms with Crippen LogP contribution >= 0.6 is 0 Å². The Morgan fingerprint density at radius 2 is 1.95 bits per heavy atom. The van der Waals surface area contributed by atoms with E-state index in [0.29, 0.717) is 6.42 Å². The molecule has 20 heavy (non-hydrogen) atoms. The van der Waals surface area contributed by atoms with Crippen LogP contribution in [-0.4, -0.2) is 23.0 Å². The van der Waals surface area contributed by atoms with Crippen molar-refractivity contribution in [3.63, 3.8) is 0 Å². The molecule has 0 spiro atoms. The van der Waals surface area contributed by atoms with Crippen LogP contribution in [0.3, 0.4) is 0 Å². The average molecular weight is 292 g/mol. The van der Waals surface area contributed by atoms with E-state index in [9.17, 15) is 27.9 Å². The fourth-order valence-electron chi connectivity index (χ4n) is 1.74. The molecule has 0 amide bonds. The van der Waals surface area contributed by atoms with Crippen LogP contribution in [0.2, 0.25) is 0 Å². The SMILES string of the molecule is CCCCCCC1=C(O)C(=O)O/C1=C/C(=O)C(F)(F)F. The highest BCUT2D eigenvalue weighted by Gasteiger charge is 2.39. The molecule has 0 radical (unpaired) electrons. The van der Waals surface area contributed by atoms with Gasteiger partial charge in [0.05, 0.1) is 0 Å². The first-order valence-electron chi connectivity index (χ1n) is 6.25. The lowest BCUT2D eigenvalue weighted by Gasteiger charge is -2.05. The Bertz CT molecular complexity index is 461. The second-order valence-corrected chi connectivity index (χ2v) is 4.40. The minimum Gasteiger partial charge on any atom is -0.502 e. The van der Waals surface area contributed by atoms with E-state index in [0.717, 1.165) is 19.3 Å². The summed E-state index contributed by atoms with van der Waals surface area (Å²) in [4.78, 5) is 22.0. The number of esters is 1. The number of carbonyl (C=O) groups is 2. The summed E-state index contributed by atoms with van der Waals surface area (Å²) in [6.45, 7) is 1.99. The molecular weight excluding hydrogens is 277 g/mol. The van der Waals surface area contributed by atoms with Gasteiger partial charge >= 0.3 is 12.1 Å². The van der Waals surface area contributed by atoms with Gasteiger partial charge < -0.3 is 9.84 Å². The lowest BCUT2D eigenvalue weighted by atomic mass is 10.0. The Labute approximate surface area is 113 Å². The topological polar surface area (TPSA) is 63.6 Å². The average Bonchev–Trinajstić information content (AvgIpc) is 2.60. The maximum atomic E-state index is 12.2. The Balaban J connectivity index is 2.83. The van der Waals surface area contributed by atoms with E-state index in [1.54, 1.807) is 0 Å². The predicted octanol–water partition coefficient (Wildman–Crippen LogP) is 3.34. The van der Waals surface area contributed by atoms with Crippen molar-refractivity contribution < 1.29 is 32.6 Å². The van der Waals surface area contributed by atoms with Gasteiger partial charge in [0, 0.05) is 11.6 Å². The molecule has 0 aromatic heterocycles. The van der Waals surface area contributed by atoms with Crippen molar-refractivity contribution in [2.75, 3.05) is 0 Å². The molecule has 0 unspecified atom stereocenters. The van der Waals surface area contributed by atoms with Gasteiger partial charge in [-0.25, -0.2) is 4.79 Å². The summed E-state index contributed by atoms with van der Waals surface area (Å²) in [7, 11) is 0. The van der Waals surface area contributed by atoms with Gasteiger partial charge in [-0.2, -0.15) is 13.2 Å². The minimum absolute atomic E-state index is 0.0382. The zero-order valence-corrected chi connectivity index (χ0v) is 10.9. The minimum atomic E-state index is -5.04. The van der Waals surface area contributed by atoms with Gasteiger partial charge in [0.1, 0.15) is 5.76 Å². The first-order chi connectivity index (χ1) is 9.27. The molecule has 0 aromatic rings. The molecule has 0 aromatic carbocycles. The van der Waals surface area contributed by atoms with Crippen molar-refractivity contribution >= 4 is 11.8 Å². The molecule has 1 rings (SSSR count). The third-order valence-electron chi connectivity index (χ3n) is 2.80. The zero-order chi connectivity index (χ0) is 15.3. The van der Waals surface area contributed by atoms with Crippen molar-refractivity contribution in [3.05, 3.63) is 23.2 Å². The number of alkyl halides is 3. The largest absolute Gasteiger partial charge is 0.502 e. The second-order valence-electron chi connectivity index (χ2n) is 4.40. The van der Waals surface area contributed by atoms with Crippen molar-refractivity contribution in [2.24, 2.45) is 0 Å². The first-order valence-corrected chi connectivity index (χ1v) is 6.25. The van der Waals surface area contributed by atoms with Crippen molar-refractivity contribution in [1.29, 1.82) is 0 Å². The molecule has 1 heterocycles. The van der Waals surface area contributed by atoms with Gasteiger partial charge in [-0.05, 0) is 12.8 Å². The molecule has 0 fully saturated rings. The molecule has 1 aliphatic heterocycles. The standard InChI is InChI=1S/C13H15F3O4/c1-2-3-4-5-6-8-9(20-12(19)11(8)18)7-10(17)13(14,15)16/h7,18H,2-6H2,1H3/b9-7+. The lowest BCUT2D eigenvalue weighted by Crippen LogP contribution is -2.20. The number of unbranched alkanes of at least 4 members (excludes halogenated alkanes) is 3. The summed E-state index contributed by atoms with van der Waals surface area (Å²) in [5.41, 5.74) is -0.0382. The Hall–Kier alpha value is -1.79. The van der Waals surface area contributed by atoms with E-state index >= 15 is 0 Å². The fourth-order valence-corrected chi connectivity index (χ4v) is 1.74. The molecule has 0 aliphatic carbocycles. The summed E-state index contributed by atoms with van der Waals surface area (Å²) in [6, 6.07) is 0. The molecule has 0 saturated carbocycles. The molecule has 1 N–H and O–H groups in total. The van der Waals surface area contributed by atoms with Crippen LogP contribution in [0.4, 0.5) is 13.2 Å². The van der Waals surface area contributed by atoms with Gasteiger partial charge in [0.2, 0.25) is 5.76 Å². The number of halogens is 3. The van der Waals surface area contributed by atoms with Gasteiger partial charge in [-0.1, -0.05) is 26.2 Å². The van der Waals surface area contributed by atoms with Crippen LogP contribution in [0.5, 0.6) is 0 Å². The number of rotatable bonds is 6. The van der Waals surface area contributed by atoms with Gasteiger partial charge in [-0.15, -0.1) is 0 Å². The quantitative estimate of drug-likeness (QED) is 0.463. The van der Waals surface area contributed by atoms with Crippen LogP contribution in [0.25, 0.3) is 0 Å². The molecule has 7 heteroatoms. The molecule has 4 nitrogen and oxygen atoms in total. The van der Waals surface area contributed by atoms with Gasteiger partial charge in [0.15, 0.2) is 0 Å². The normalized spacial score (nSPS) is 17.8. The molecule has 112 valence electrons. The van der Waals surface area contributed by atoms with Gasteiger partial charge in [0.25, 0.3) is 5.78 Å². The summed E-state index contributed by atoms with van der Waals surface area (Å²) < 4.78 is 41.0. The van der Waals surface area contributed by atoms with E-state index in [-0.39, 0.29) is 18.1 Å². The van der Waals surface area contributed by atoms with Crippen molar-refractivity contribution in [3.8, 4) is 0 Å². The summed E-state index contributed by atoms with van der Waals surface area (Å²) in [6.07, 6.45) is -1.35. The molecule has 1 aliphatic rings. The molecule has 0 atom stereocenters. The first kappa shape index (κ1) is 16.3. The number of carbonyl (C=O) groups excluding carboxylic acids is 2. The molecular formula is C13H15F3O4. The van der Waals surface area contributed by atoms with E-state index in [4.69, 9.17) is 0 Å². The van der Waals surface area contributed by atoms with Crippen molar-refractivity contribution in [2.45, 2.75) is 45.2 Å². The summed E-state index contributed by atoms with van der Waals surface area (Å²) in [5, 5.41) is 9.47. The smallest absolute Gasteiger partial charge is 0.454 e. The maximum Gasteiger partial charge on any atom is 0.454 e. The summed E-state index contributed by atoms with van der Waals surface area (Å²) in [5.74, 6) is -4.48. The molecule has 0 bridgehead atoms. The summed E-state index contributed by atoms with van der Waals surface area (Å²) >= 11 is 0. The number of cyclic esters (lactones) is 1. The van der Waals surface area contributed by atoms with Gasteiger partial charge in [-0.3, -0.25) is 4.79 Å². The van der Waals surface area contributed by atoms with Crippen LogP contribution in [0, 0.1) is 0 Å². The number of allylic oxidation sites excluding steroid dienone is 2. The van der Waals surface area contributed by atoms with Crippen LogP contribution in [0.1, 0.15) is 39.0 Å². The fraction of sp³-hybridized carbons (Fsp3) is 0.538. The predicted molar refractivity (Wildman–Crippen MR) is 63.7 cm³/mol. The van der Waals surface area contributed by atoms with E-state index in [1.165, 1.54) is 0 Å². The van der Waals surface area contributed by atoms with Crippen LogP contribution < -0.4 is 0 Å². The number of aliphatic hydroxyl groups is 1. The Morgan fingerprint density at radius 1 is 1.30 bits per heavy atom. The number of hydrogen-bond acceptors (Lipinski definition) is 4. The third kappa shape index (κ3) is 4.11. The van der Waals surface area contributed by atoms with E-state index < -0.39 is 29.4 Å². The number of ether oxygens (including phenoxy) is 1. The number of aliphatic hydroxyl groups excluding tert-OH is 1. The molecule has 0 saturated heterocycles. The monoisotopic (exact) mass is 292 g/mol. The van der Waals surface area contributed by atoms with E-state index in [1.807, 2.05) is 6.92 Å². The highest BCUT2D eigenvalue weighted by molar-refractivity contribution is 5.98. The third-order valence-corrected chi connectivity index (χ3v) is 2.80. The lowest BCUT2D eigenvalue weighted by molar-refractivity contribution is -0.165.